The highest BCUT2D eigenvalue weighted by Gasteiger charge is 2.13. The number of nitrogens with zero attached hydrogens (tertiary/aromatic N) is 3. The molecule has 2 rings (SSSR count). The molecule has 0 saturated carbocycles. The van der Waals surface area contributed by atoms with Crippen LogP contribution in [0.3, 0.4) is 0 Å². The van der Waals surface area contributed by atoms with Gasteiger partial charge in [0.25, 0.3) is 0 Å². The summed E-state index contributed by atoms with van der Waals surface area (Å²) in [6.07, 6.45) is 0.827. The molecule has 0 atom stereocenters. The number of hydrogen-bond donors (Lipinski definition) is 1. The molecule has 1 amide bonds. The Morgan fingerprint density at radius 1 is 1.28 bits per heavy atom. The number of likely N-dealkylation sites (N-methyl/N-ethyl adjacent to an activating group) is 2. The molecule has 6 nitrogen and oxygen atoms in total. The summed E-state index contributed by atoms with van der Waals surface area (Å²) in [7, 11) is 3.67. The summed E-state index contributed by atoms with van der Waals surface area (Å²) < 4.78 is 5.26. The van der Waals surface area contributed by atoms with E-state index in [9.17, 15) is 4.79 Å². The predicted molar refractivity (Wildman–Crippen MR) is 101 cm³/mol. The van der Waals surface area contributed by atoms with E-state index in [1.807, 2.05) is 19.2 Å². The van der Waals surface area contributed by atoms with E-state index in [2.05, 4.69) is 41.4 Å². The summed E-state index contributed by atoms with van der Waals surface area (Å²) in [5.41, 5.74) is 2.20. The number of rotatable bonds is 8. The zero-order valence-corrected chi connectivity index (χ0v) is 16.1. The maximum Gasteiger partial charge on any atom is 0.227 e. The topological polar surface area (TPSA) is 71.3 Å². The van der Waals surface area contributed by atoms with Crippen molar-refractivity contribution in [2.75, 3.05) is 27.2 Å². The molecule has 0 aliphatic heterocycles. The van der Waals surface area contributed by atoms with Crippen molar-refractivity contribution in [1.29, 1.82) is 0 Å². The van der Waals surface area contributed by atoms with Gasteiger partial charge < -0.3 is 14.7 Å². The summed E-state index contributed by atoms with van der Waals surface area (Å²) in [6, 6.07) is 8.16. The summed E-state index contributed by atoms with van der Waals surface area (Å²) in [5, 5.41) is 7.04. The van der Waals surface area contributed by atoms with Crippen molar-refractivity contribution in [3.63, 3.8) is 0 Å². The van der Waals surface area contributed by atoms with Gasteiger partial charge in [0.1, 0.15) is 0 Å². The minimum absolute atomic E-state index is 0. The molecular formula is C18H27ClN4O2. The van der Waals surface area contributed by atoms with E-state index in [-0.39, 0.29) is 18.3 Å². The molecule has 0 bridgehead atoms. The number of aryl methyl sites for hydroxylation is 1. The summed E-state index contributed by atoms with van der Waals surface area (Å²) in [6.45, 7) is 5.78. The van der Waals surface area contributed by atoms with Crippen molar-refractivity contribution in [2.45, 2.75) is 32.6 Å². The summed E-state index contributed by atoms with van der Waals surface area (Å²) in [4.78, 5) is 18.1. The molecule has 1 heterocycles. The van der Waals surface area contributed by atoms with Gasteiger partial charge in [0, 0.05) is 38.5 Å². The maximum absolute atomic E-state index is 12.0. The Balaban J connectivity index is 0.00000312. The van der Waals surface area contributed by atoms with Gasteiger partial charge in [-0.2, -0.15) is 4.98 Å². The van der Waals surface area contributed by atoms with Crippen LogP contribution in [0.15, 0.2) is 28.8 Å². The molecule has 7 heteroatoms. The number of amides is 1. The SMILES string of the molecule is CNCCN(C)C(=O)CCc1nc(-c2ccc(C(C)C)cc2)no1.Cl. The molecule has 0 fully saturated rings. The number of carbonyl (C=O) groups is 1. The third-order valence-electron chi connectivity index (χ3n) is 3.98. The minimum Gasteiger partial charge on any atom is -0.344 e. The number of halogens is 1. The molecule has 1 aromatic heterocycles. The molecule has 25 heavy (non-hydrogen) atoms. The lowest BCUT2D eigenvalue weighted by molar-refractivity contribution is -0.129. The second kappa shape index (κ2) is 10.2. The smallest absolute Gasteiger partial charge is 0.227 e. The zero-order valence-electron chi connectivity index (χ0n) is 15.3. The lowest BCUT2D eigenvalue weighted by Crippen LogP contribution is -2.32. The van der Waals surface area contributed by atoms with Gasteiger partial charge in [0.05, 0.1) is 0 Å². The van der Waals surface area contributed by atoms with Gasteiger partial charge in [0.15, 0.2) is 0 Å². The Kier molecular flexibility index (Phi) is 8.58. The van der Waals surface area contributed by atoms with E-state index < -0.39 is 0 Å². The van der Waals surface area contributed by atoms with Crippen LogP contribution in [0, 0.1) is 0 Å². The first kappa shape index (κ1) is 21.1. The van der Waals surface area contributed by atoms with Crippen LogP contribution < -0.4 is 5.32 Å². The average Bonchev–Trinajstić information content (AvgIpc) is 3.06. The first-order valence-corrected chi connectivity index (χ1v) is 8.32. The van der Waals surface area contributed by atoms with Gasteiger partial charge in [0.2, 0.25) is 17.6 Å². The number of hydrogen-bond acceptors (Lipinski definition) is 5. The Morgan fingerprint density at radius 2 is 1.96 bits per heavy atom. The van der Waals surface area contributed by atoms with Crippen molar-refractivity contribution < 1.29 is 9.32 Å². The maximum atomic E-state index is 12.0. The van der Waals surface area contributed by atoms with Gasteiger partial charge in [-0.05, 0) is 18.5 Å². The van der Waals surface area contributed by atoms with Gasteiger partial charge >= 0.3 is 0 Å². The van der Waals surface area contributed by atoms with Crippen LogP contribution in [0.5, 0.6) is 0 Å². The molecule has 0 saturated heterocycles. The van der Waals surface area contributed by atoms with Gasteiger partial charge in [-0.15, -0.1) is 12.4 Å². The highest BCUT2D eigenvalue weighted by atomic mass is 35.5. The second-order valence-corrected chi connectivity index (χ2v) is 6.21. The molecule has 1 aromatic carbocycles. The fraction of sp³-hybridized carbons (Fsp3) is 0.500. The quantitative estimate of drug-likeness (QED) is 0.777. The van der Waals surface area contributed by atoms with Gasteiger partial charge in [-0.3, -0.25) is 4.79 Å². The Bertz CT molecular complexity index is 655. The lowest BCUT2D eigenvalue weighted by Gasteiger charge is -2.16. The fourth-order valence-electron chi connectivity index (χ4n) is 2.30. The predicted octanol–water partition coefficient (Wildman–Crippen LogP) is 2.89. The van der Waals surface area contributed by atoms with Crippen LogP contribution >= 0.6 is 12.4 Å². The molecule has 2 aromatic rings. The third-order valence-corrected chi connectivity index (χ3v) is 3.98. The van der Waals surface area contributed by atoms with Crippen LogP contribution in [0.4, 0.5) is 0 Å². The van der Waals surface area contributed by atoms with E-state index >= 15 is 0 Å². The summed E-state index contributed by atoms with van der Waals surface area (Å²) in [5.74, 6) is 1.63. The van der Waals surface area contributed by atoms with E-state index in [4.69, 9.17) is 4.52 Å². The first-order valence-electron chi connectivity index (χ1n) is 8.32. The number of carbonyl (C=O) groups excluding carboxylic acids is 1. The first-order chi connectivity index (χ1) is 11.5. The minimum atomic E-state index is 0. The van der Waals surface area contributed by atoms with Crippen molar-refractivity contribution in [1.82, 2.24) is 20.4 Å². The van der Waals surface area contributed by atoms with Crippen molar-refractivity contribution >= 4 is 18.3 Å². The third kappa shape index (κ3) is 6.14. The van der Waals surface area contributed by atoms with Gasteiger partial charge in [-0.25, -0.2) is 0 Å². The Hall–Kier alpha value is -1.92. The molecule has 138 valence electrons. The number of benzene rings is 1. The normalized spacial score (nSPS) is 10.6. The van der Waals surface area contributed by atoms with Crippen molar-refractivity contribution in [3.05, 3.63) is 35.7 Å². The highest BCUT2D eigenvalue weighted by molar-refractivity contribution is 5.85. The molecule has 0 aliphatic rings. The zero-order chi connectivity index (χ0) is 17.5. The monoisotopic (exact) mass is 366 g/mol. The van der Waals surface area contributed by atoms with Crippen LogP contribution in [0.25, 0.3) is 11.4 Å². The lowest BCUT2D eigenvalue weighted by atomic mass is 10.0. The fourth-order valence-corrected chi connectivity index (χ4v) is 2.30. The molecule has 0 aliphatic carbocycles. The second-order valence-electron chi connectivity index (χ2n) is 6.21. The van der Waals surface area contributed by atoms with Crippen LogP contribution in [-0.2, 0) is 11.2 Å². The largest absolute Gasteiger partial charge is 0.344 e. The van der Waals surface area contributed by atoms with Gasteiger partial charge in [-0.1, -0.05) is 43.3 Å². The van der Waals surface area contributed by atoms with Crippen molar-refractivity contribution in [3.8, 4) is 11.4 Å². The summed E-state index contributed by atoms with van der Waals surface area (Å²) >= 11 is 0. The molecule has 1 N–H and O–H groups in total. The molecule has 0 radical (unpaired) electrons. The number of aromatic nitrogens is 2. The highest BCUT2D eigenvalue weighted by Crippen LogP contribution is 2.20. The van der Waals surface area contributed by atoms with E-state index in [1.165, 1.54) is 5.56 Å². The Labute approximate surface area is 155 Å². The van der Waals surface area contributed by atoms with Crippen LogP contribution in [0.2, 0.25) is 0 Å². The number of nitrogens with one attached hydrogen (secondary N) is 1. The standard InChI is InChI=1S/C18H26N4O2.ClH/c1-13(2)14-5-7-15(8-6-14)18-20-16(24-21-18)9-10-17(23)22(4)12-11-19-3;/h5-8,13,19H,9-12H2,1-4H3;1H. The van der Waals surface area contributed by atoms with E-state index in [0.717, 1.165) is 12.1 Å². The van der Waals surface area contributed by atoms with E-state index in [1.54, 1.807) is 11.9 Å². The molecule has 0 unspecified atom stereocenters. The Morgan fingerprint density at radius 3 is 2.56 bits per heavy atom. The van der Waals surface area contributed by atoms with E-state index in [0.29, 0.717) is 37.0 Å². The average molecular weight is 367 g/mol. The molecular weight excluding hydrogens is 340 g/mol. The van der Waals surface area contributed by atoms with Crippen LogP contribution in [0.1, 0.15) is 37.6 Å². The molecule has 0 spiro atoms. The van der Waals surface area contributed by atoms with Crippen molar-refractivity contribution in [2.24, 2.45) is 0 Å². The van der Waals surface area contributed by atoms with Crippen LogP contribution in [-0.4, -0.2) is 48.1 Å².